The lowest BCUT2D eigenvalue weighted by atomic mass is 10.2. The summed E-state index contributed by atoms with van der Waals surface area (Å²) in [6.07, 6.45) is 2.59. The van der Waals surface area contributed by atoms with Gasteiger partial charge in [-0.2, -0.15) is 0 Å². The number of amides is 1. The van der Waals surface area contributed by atoms with E-state index in [1.807, 2.05) is 12.1 Å². The molecule has 4 nitrogen and oxygen atoms in total. The molecule has 5 heteroatoms. The second-order valence-electron chi connectivity index (χ2n) is 4.04. The van der Waals surface area contributed by atoms with Gasteiger partial charge in [0.15, 0.2) is 5.13 Å². The van der Waals surface area contributed by atoms with Gasteiger partial charge in [-0.3, -0.25) is 4.79 Å². The maximum Gasteiger partial charge on any atom is 0.253 e. The quantitative estimate of drug-likeness (QED) is 0.860. The number of rotatable bonds is 4. The fourth-order valence-corrected chi connectivity index (χ4v) is 2.46. The Morgan fingerprint density at radius 1 is 1.61 bits per heavy atom. The minimum absolute atomic E-state index is 0.00530. The Kier molecular flexibility index (Phi) is 3.62. The highest BCUT2D eigenvalue weighted by Crippen LogP contribution is 2.24. The number of carbonyl (C=O) groups is 1. The predicted octanol–water partition coefficient (Wildman–Crippen LogP) is 2.53. The highest BCUT2D eigenvalue weighted by Gasteiger charge is 2.12. The zero-order valence-corrected chi connectivity index (χ0v) is 11.0. The highest BCUT2D eigenvalue weighted by atomic mass is 32.1. The average molecular weight is 261 g/mol. The Labute approximate surface area is 110 Å². The summed E-state index contributed by atoms with van der Waals surface area (Å²) in [5.41, 5.74) is 7.14. The van der Waals surface area contributed by atoms with Crippen molar-refractivity contribution in [3.8, 4) is 0 Å². The maximum absolute atomic E-state index is 12.1. The molecule has 0 bridgehead atoms. The number of aromatic nitrogens is 1. The van der Waals surface area contributed by atoms with Crippen molar-refractivity contribution in [3.63, 3.8) is 0 Å². The first-order valence-electron chi connectivity index (χ1n) is 5.64. The van der Waals surface area contributed by atoms with Crippen molar-refractivity contribution in [2.24, 2.45) is 0 Å². The van der Waals surface area contributed by atoms with Gasteiger partial charge in [-0.15, -0.1) is 6.58 Å². The summed E-state index contributed by atoms with van der Waals surface area (Å²) in [5, 5.41) is 0.523. The molecule has 0 saturated heterocycles. The molecule has 2 N–H and O–H groups in total. The smallest absolute Gasteiger partial charge is 0.253 e. The number of hydrogen-bond donors (Lipinski definition) is 1. The Hall–Kier alpha value is -1.88. The molecule has 1 heterocycles. The van der Waals surface area contributed by atoms with Crippen molar-refractivity contribution >= 4 is 32.6 Å². The number of carbonyl (C=O) groups excluding carboxylic acids is 1. The molecule has 0 atom stereocenters. The minimum Gasteiger partial charge on any atom is -0.375 e. The monoisotopic (exact) mass is 261 g/mol. The first-order chi connectivity index (χ1) is 8.61. The van der Waals surface area contributed by atoms with Gasteiger partial charge in [0.05, 0.1) is 10.2 Å². The van der Waals surface area contributed by atoms with E-state index in [2.05, 4.69) is 11.6 Å². The van der Waals surface area contributed by atoms with Gasteiger partial charge in [0, 0.05) is 19.2 Å². The van der Waals surface area contributed by atoms with E-state index in [1.54, 1.807) is 24.1 Å². The van der Waals surface area contributed by atoms with E-state index in [4.69, 9.17) is 5.73 Å². The molecule has 2 aromatic rings. The van der Waals surface area contributed by atoms with Crippen molar-refractivity contribution in [1.82, 2.24) is 9.88 Å². The fraction of sp³-hybridized carbons (Fsp3) is 0.231. The van der Waals surface area contributed by atoms with E-state index in [0.29, 0.717) is 17.2 Å². The lowest BCUT2D eigenvalue weighted by molar-refractivity contribution is 0.0797. The molecule has 0 saturated carbocycles. The number of thiazole rings is 1. The first-order valence-corrected chi connectivity index (χ1v) is 6.46. The number of hydrogen-bond acceptors (Lipinski definition) is 4. The van der Waals surface area contributed by atoms with Gasteiger partial charge in [0.1, 0.15) is 0 Å². The average Bonchev–Trinajstić information content (AvgIpc) is 2.73. The minimum atomic E-state index is 0.00530. The molecule has 18 heavy (non-hydrogen) atoms. The van der Waals surface area contributed by atoms with Gasteiger partial charge in [-0.05, 0) is 24.6 Å². The molecule has 0 aliphatic carbocycles. The van der Waals surface area contributed by atoms with Crippen LogP contribution in [0.2, 0.25) is 0 Å². The summed E-state index contributed by atoms with van der Waals surface area (Å²) in [7, 11) is 1.79. The Morgan fingerprint density at radius 3 is 3.11 bits per heavy atom. The molecule has 1 aromatic carbocycles. The second-order valence-corrected chi connectivity index (χ2v) is 5.10. The zero-order valence-electron chi connectivity index (χ0n) is 10.2. The van der Waals surface area contributed by atoms with Crippen LogP contribution in [0.3, 0.4) is 0 Å². The standard InChI is InChI=1S/C13H15N3OS/c1-3-4-7-16(2)12(17)9-5-6-10-11(8-9)18-13(14)15-10/h3,5-6,8H,1,4,7H2,2H3,(H2,14,15). The number of fused-ring (bicyclic) bond motifs is 1. The van der Waals surface area contributed by atoms with Crippen LogP contribution in [0, 0.1) is 0 Å². The van der Waals surface area contributed by atoms with E-state index in [-0.39, 0.29) is 5.91 Å². The summed E-state index contributed by atoms with van der Waals surface area (Å²) in [6, 6.07) is 5.46. The molecule has 1 amide bonds. The molecule has 0 fully saturated rings. The summed E-state index contributed by atoms with van der Waals surface area (Å²) in [6.45, 7) is 4.32. The third-order valence-corrected chi connectivity index (χ3v) is 3.51. The molecule has 2 rings (SSSR count). The summed E-state index contributed by atoms with van der Waals surface area (Å²) < 4.78 is 0.940. The summed E-state index contributed by atoms with van der Waals surface area (Å²) in [4.78, 5) is 18.0. The topological polar surface area (TPSA) is 59.2 Å². The molecule has 0 aliphatic rings. The van der Waals surface area contributed by atoms with E-state index >= 15 is 0 Å². The predicted molar refractivity (Wildman–Crippen MR) is 75.8 cm³/mol. The van der Waals surface area contributed by atoms with Crippen molar-refractivity contribution in [1.29, 1.82) is 0 Å². The highest BCUT2D eigenvalue weighted by molar-refractivity contribution is 7.22. The second kappa shape index (κ2) is 5.18. The van der Waals surface area contributed by atoms with E-state index in [0.717, 1.165) is 16.6 Å². The van der Waals surface area contributed by atoms with Gasteiger partial charge in [-0.1, -0.05) is 17.4 Å². The fourth-order valence-electron chi connectivity index (χ4n) is 1.68. The molecule has 0 aliphatic heterocycles. The third kappa shape index (κ3) is 2.51. The van der Waals surface area contributed by atoms with Crippen LogP contribution in [-0.2, 0) is 0 Å². The van der Waals surface area contributed by atoms with E-state index in [9.17, 15) is 4.79 Å². The van der Waals surface area contributed by atoms with Crippen molar-refractivity contribution in [2.75, 3.05) is 19.3 Å². The van der Waals surface area contributed by atoms with Crippen LogP contribution in [0.15, 0.2) is 30.9 Å². The van der Waals surface area contributed by atoms with Gasteiger partial charge in [0.25, 0.3) is 5.91 Å². The molecule has 0 radical (unpaired) electrons. The molecule has 94 valence electrons. The van der Waals surface area contributed by atoms with E-state index < -0.39 is 0 Å². The molecule has 0 unspecified atom stereocenters. The van der Waals surface area contributed by atoms with Gasteiger partial charge < -0.3 is 10.6 Å². The van der Waals surface area contributed by atoms with Gasteiger partial charge in [-0.25, -0.2) is 4.98 Å². The Bertz CT molecular complexity index is 591. The zero-order chi connectivity index (χ0) is 13.1. The molecular formula is C13H15N3OS. The maximum atomic E-state index is 12.1. The number of benzene rings is 1. The summed E-state index contributed by atoms with van der Waals surface area (Å²) in [5.74, 6) is 0.00530. The lowest BCUT2D eigenvalue weighted by Gasteiger charge is -2.15. The lowest BCUT2D eigenvalue weighted by Crippen LogP contribution is -2.27. The number of nitrogens with two attached hydrogens (primary N) is 1. The first kappa shape index (κ1) is 12.6. The molecule has 1 aromatic heterocycles. The van der Waals surface area contributed by atoms with Crippen LogP contribution in [0.1, 0.15) is 16.8 Å². The number of anilines is 1. The SMILES string of the molecule is C=CCCN(C)C(=O)c1ccc2nc(N)sc2c1. The van der Waals surface area contributed by atoms with Gasteiger partial charge >= 0.3 is 0 Å². The number of nitrogens with zero attached hydrogens (tertiary/aromatic N) is 2. The molecular weight excluding hydrogens is 246 g/mol. The van der Waals surface area contributed by atoms with E-state index in [1.165, 1.54) is 11.3 Å². The third-order valence-electron chi connectivity index (χ3n) is 2.67. The largest absolute Gasteiger partial charge is 0.375 e. The van der Waals surface area contributed by atoms with Crippen LogP contribution in [-0.4, -0.2) is 29.4 Å². The van der Waals surface area contributed by atoms with Crippen molar-refractivity contribution < 1.29 is 4.79 Å². The Balaban J connectivity index is 2.24. The molecule has 0 spiro atoms. The Morgan fingerprint density at radius 2 is 2.39 bits per heavy atom. The van der Waals surface area contributed by atoms with Gasteiger partial charge in [0.2, 0.25) is 0 Å². The number of nitrogen functional groups attached to an aromatic ring is 1. The van der Waals surface area contributed by atoms with Crippen LogP contribution in [0.5, 0.6) is 0 Å². The van der Waals surface area contributed by atoms with Crippen LogP contribution < -0.4 is 5.73 Å². The summed E-state index contributed by atoms with van der Waals surface area (Å²) >= 11 is 1.39. The van der Waals surface area contributed by atoms with Crippen molar-refractivity contribution in [3.05, 3.63) is 36.4 Å². The van der Waals surface area contributed by atoms with Crippen molar-refractivity contribution in [2.45, 2.75) is 6.42 Å². The van der Waals surface area contributed by atoms with Crippen LogP contribution in [0.25, 0.3) is 10.2 Å². The van der Waals surface area contributed by atoms with Crippen LogP contribution >= 0.6 is 11.3 Å². The normalized spacial score (nSPS) is 10.5. The van der Waals surface area contributed by atoms with Crippen LogP contribution in [0.4, 0.5) is 5.13 Å².